The molecule has 0 saturated heterocycles. The summed E-state index contributed by atoms with van der Waals surface area (Å²) in [4.78, 5) is 24.4. The molecule has 0 aliphatic rings. The van der Waals surface area contributed by atoms with Gasteiger partial charge in [-0.15, -0.1) is 0 Å². The Morgan fingerprint density at radius 2 is 1.76 bits per heavy atom. The van der Waals surface area contributed by atoms with Gasteiger partial charge in [0.15, 0.2) is 0 Å². The molecule has 1 atom stereocenters. The van der Waals surface area contributed by atoms with Crippen molar-refractivity contribution in [3.63, 3.8) is 0 Å². The van der Waals surface area contributed by atoms with E-state index in [1.54, 1.807) is 14.2 Å². The highest BCUT2D eigenvalue weighted by Crippen LogP contribution is 2.36. The molecule has 0 aliphatic heterocycles. The molecule has 4 N–H and O–H groups in total. The number of primary amides is 1. The maximum absolute atomic E-state index is 13.4. The van der Waals surface area contributed by atoms with Crippen LogP contribution in [0.15, 0.2) is 36.4 Å². The van der Waals surface area contributed by atoms with Crippen molar-refractivity contribution in [1.82, 2.24) is 5.32 Å². The standard InChI is InChI=1S/C30H45N3O4/c1-7-8-9-12-22(24-15-14-23(36-5)20-27(24)37-6)19-28(34)33-26-18-21(11-10-17-32-29(31)35)13-16-25(26)30(2,3)4/h13-16,18,20,22H,7-12,17,19H2,1-6H3,(H,33,34)(H3,31,32,35). The number of unbranched alkanes of at least 4 members (excludes halogenated alkanes) is 2. The van der Waals surface area contributed by atoms with Crippen molar-refractivity contribution >= 4 is 17.6 Å². The number of amides is 3. The second kappa shape index (κ2) is 14.5. The third-order valence-corrected chi connectivity index (χ3v) is 6.58. The van der Waals surface area contributed by atoms with E-state index in [4.69, 9.17) is 15.2 Å². The number of benzene rings is 2. The van der Waals surface area contributed by atoms with Gasteiger partial charge in [0.2, 0.25) is 5.91 Å². The van der Waals surface area contributed by atoms with E-state index < -0.39 is 6.03 Å². The van der Waals surface area contributed by atoms with Crippen LogP contribution < -0.4 is 25.8 Å². The number of carbonyl (C=O) groups is 2. The van der Waals surface area contributed by atoms with Crippen LogP contribution in [0.25, 0.3) is 0 Å². The normalized spacial score (nSPS) is 12.1. The summed E-state index contributed by atoms with van der Waals surface area (Å²) in [6, 6.07) is 11.6. The molecular weight excluding hydrogens is 466 g/mol. The molecule has 2 aromatic carbocycles. The zero-order valence-electron chi connectivity index (χ0n) is 23.4. The van der Waals surface area contributed by atoms with Gasteiger partial charge in [-0.05, 0) is 59.4 Å². The Hall–Kier alpha value is -3.22. The van der Waals surface area contributed by atoms with Gasteiger partial charge < -0.3 is 25.8 Å². The van der Waals surface area contributed by atoms with Gasteiger partial charge in [0.25, 0.3) is 0 Å². The van der Waals surface area contributed by atoms with Gasteiger partial charge in [-0.1, -0.05) is 65.2 Å². The molecule has 0 bridgehead atoms. The number of carbonyl (C=O) groups excluding carboxylic acids is 2. The van der Waals surface area contributed by atoms with Crippen LogP contribution in [-0.4, -0.2) is 32.7 Å². The minimum atomic E-state index is -0.516. The summed E-state index contributed by atoms with van der Waals surface area (Å²) >= 11 is 0. The quantitative estimate of drug-likeness (QED) is 0.259. The second-order valence-electron chi connectivity index (χ2n) is 10.6. The summed E-state index contributed by atoms with van der Waals surface area (Å²) < 4.78 is 11.0. The SMILES string of the molecule is CCCCCC(CC(=O)Nc1cc(CCCNC(N)=O)ccc1C(C)(C)C)c1ccc(OC)cc1OC. The van der Waals surface area contributed by atoms with Gasteiger partial charge in [-0.2, -0.15) is 0 Å². The largest absolute Gasteiger partial charge is 0.497 e. The third-order valence-electron chi connectivity index (χ3n) is 6.58. The first kappa shape index (κ1) is 30.0. The lowest BCUT2D eigenvalue weighted by Gasteiger charge is -2.25. The monoisotopic (exact) mass is 511 g/mol. The molecule has 2 rings (SSSR count). The van der Waals surface area contributed by atoms with E-state index in [2.05, 4.69) is 56.5 Å². The Morgan fingerprint density at radius 3 is 2.38 bits per heavy atom. The fraction of sp³-hybridized carbons (Fsp3) is 0.533. The van der Waals surface area contributed by atoms with Crippen LogP contribution in [0, 0.1) is 0 Å². The van der Waals surface area contributed by atoms with E-state index in [1.165, 1.54) is 0 Å². The van der Waals surface area contributed by atoms with Crippen molar-refractivity contribution in [2.24, 2.45) is 5.73 Å². The summed E-state index contributed by atoms with van der Waals surface area (Å²) in [6.07, 6.45) is 6.10. The van der Waals surface area contributed by atoms with Crippen molar-refractivity contribution in [3.8, 4) is 11.5 Å². The summed E-state index contributed by atoms with van der Waals surface area (Å²) in [6.45, 7) is 9.13. The third kappa shape index (κ3) is 9.63. The van der Waals surface area contributed by atoms with Crippen molar-refractivity contribution in [2.75, 3.05) is 26.1 Å². The smallest absolute Gasteiger partial charge is 0.312 e. The van der Waals surface area contributed by atoms with Crippen LogP contribution in [-0.2, 0) is 16.6 Å². The van der Waals surface area contributed by atoms with Crippen LogP contribution in [0.5, 0.6) is 11.5 Å². The first-order valence-corrected chi connectivity index (χ1v) is 13.3. The topological polar surface area (TPSA) is 103 Å². The molecule has 7 nitrogen and oxygen atoms in total. The number of rotatable bonds is 14. The molecule has 37 heavy (non-hydrogen) atoms. The summed E-state index contributed by atoms with van der Waals surface area (Å²) in [7, 11) is 3.29. The molecule has 0 saturated carbocycles. The first-order chi connectivity index (χ1) is 17.6. The average molecular weight is 512 g/mol. The number of hydrogen-bond donors (Lipinski definition) is 3. The Labute approximate surface area is 222 Å². The predicted molar refractivity (Wildman–Crippen MR) is 151 cm³/mol. The minimum absolute atomic E-state index is 0.0163. The van der Waals surface area contributed by atoms with E-state index in [0.717, 1.165) is 72.4 Å². The van der Waals surface area contributed by atoms with Crippen molar-refractivity contribution in [2.45, 2.75) is 84.0 Å². The molecule has 0 fully saturated rings. The molecule has 3 amide bonds. The minimum Gasteiger partial charge on any atom is -0.497 e. The molecular formula is C30H45N3O4. The Kier molecular flexibility index (Phi) is 11.8. The highest BCUT2D eigenvalue weighted by molar-refractivity contribution is 5.92. The molecule has 1 unspecified atom stereocenters. The molecule has 2 aromatic rings. The number of anilines is 1. The maximum Gasteiger partial charge on any atom is 0.312 e. The lowest BCUT2D eigenvalue weighted by molar-refractivity contribution is -0.116. The lowest BCUT2D eigenvalue weighted by atomic mass is 9.84. The van der Waals surface area contributed by atoms with E-state index in [0.29, 0.717) is 13.0 Å². The van der Waals surface area contributed by atoms with Crippen LogP contribution in [0.1, 0.15) is 88.8 Å². The number of hydrogen-bond acceptors (Lipinski definition) is 4. The molecule has 7 heteroatoms. The first-order valence-electron chi connectivity index (χ1n) is 13.3. The number of nitrogens with one attached hydrogen (secondary N) is 2. The van der Waals surface area contributed by atoms with Crippen LogP contribution in [0.2, 0.25) is 0 Å². The molecule has 0 radical (unpaired) electrons. The van der Waals surface area contributed by atoms with Gasteiger partial charge in [-0.25, -0.2) is 4.79 Å². The maximum atomic E-state index is 13.4. The number of urea groups is 1. The van der Waals surface area contributed by atoms with E-state index in [9.17, 15) is 9.59 Å². The van der Waals surface area contributed by atoms with E-state index in [-0.39, 0.29) is 17.2 Å². The van der Waals surface area contributed by atoms with Crippen LogP contribution in [0.4, 0.5) is 10.5 Å². The van der Waals surface area contributed by atoms with Gasteiger partial charge in [0.1, 0.15) is 11.5 Å². The van der Waals surface area contributed by atoms with Crippen LogP contribution >= 0.6 is 0 Å². The van der Waals surface area contributed by atoms with Crippen molar-refractivity contribution in [1.29, 1.82) is 0 Å². The average Bonchev–Trinajstić information content (AvgIpc) is 2.85. The van der Waals surface area contributed by atoms with Gasteiger partial charge in [0.05, 0.1) is 14.2 Å². The summed E-state index contributed by atoms with van der Waals surface area (Å²) in [5.74, 6) is 1.50. The van der Waals surface area contributed by atoms with Crippen molar-refractivity contribution < 1.29 is 19.1 Å². The molecule has 0 heterocycles. The highest BCUT2D eigenvalue weighted by atomic mass is 16.5. The molecule has 0 aromatic heterocycles. The Bertz CT molecular complexity index is 1030. The van der Waals surface area contributed by atoms with E-state index in [1.807, 2.05) is 18.2 Å². The van der Waals surface area contributed by atoms with Gasteiger partial charge in [-0.3, -0.25) is 4.79 Å². The number of nitrogens with two attached hydrogens (primary N) is 1. The van der Waals surface area contributed by atoms with E-state index >= 15 is 0 Å². The summed E-state index contributed by atoms with van der Waals surface area (Å²) in [5.41, 5.74) is 9.09. The number of aryl methyl sites for hydroxylation is 1. The molecule has 0 spiro atoms. The predicted octanol–water partition coefficient (Wildman–Crippen LogP) is 6.29. The molecule has 0 aliphatic carbocycles. The zero-order valence-corrected chi connectivity index (χ0v) is 23.4. The molecule has 204 valence electrons. The van der Waals surface area contributed by atoms with Gasteiger partial charge >= 0.3 is 6.03 Å². The lowest BCUT2D eigenvalue weighted by Crippen LogP contribution is -2.30. The fourth-order valence-electron chi connectivity index (χ4n) is 4.60. The Balaban J connectivity index is 2.26. The second-order valence-corrected chi connectivity index (χ2v) is 10.6. The van der Waals surface area contributed by atoms with Gasteiger partial charge in [0, 0.05) is 24.7 Å². The highest BCUT2D eigenvalue weighted by Gasteiger charge is 2.23. The number of ether oxygens (including phenoxy) is 2. The summed E-state index contributed by atoms with van der Waals surface area (Å²) in [5, 5.41) is 5.85. The fourth-order valence-corrected chi connectivity index (χ4v) is 4.60. The Morgan fingerprint density at radius 1 is 1.00 bits per heavy atom. The van der Waals surface area contributed by atoms with Crippen LogP contribution in [0.3, 0.4) is 0 Å². The number of methoxy groups -OCH3 is 2. The zero-order chi connectivity index (χ0) is 27.4. The van der Waals surface area contributed by atoms with Crippen molar-refractivity contribution in [3.05, 3.63) is 53.1 Å².